The van der Waals surface area contributed by atoms with Crippen molar-refractivity contribution < 1.29 is 0 Å². The van der Waals surface area contributed by atoms with Gasteiger partial charge in [0.2, 0.25) is 0 Å². The Balaban J connectivity index is 2.54. The molecule has 0 saturated heterocycles. The van der Waals surface area contributed by atoms with Crippen molar-refractivity contribution in [3.8, 4) is 0 Å². The van der Waals surface area contributed by atoms with E-state index in [0.717, 1.165) is 0 Å². The Hall–Kier alpha value is -0.0400. The Morgan fingerprint density at radius 2 is 2.30 bits per heavy atom. The van der Waals surface area contributed by atoms with E-state index in [4.69, 9.17) is 0 Å². The molecule has 0 fully saturated rings. The lowest BCUT2D eigenvalue weighted by molar-refractivity contribution is 0.728. The predicted octanol–water partition coefficient (Wildman–Crippen LogP) is 3.64. The molecule has 0 aromatic heterocycles. The van der Waals surface area contributed by atoms with Gasteiger partial charge in [-0.1, -0.05) is 41.1 Å². The van der Waals surface area contributed by atoms with E-state index in [9.17, 15) is 0 Å². The van der Waals surface area contributed by atoms with Gasteiger partial charge < -0.3 is 0 Å². The van der Waals surface area contributed by atoms with Crippen molar-refractivity contribution in [2.75, 3.05) is 0 Å². The van der Waals surface area contributed by atoms with E-state index in [1.54, 1.807) is 0 Å². The second-order valence-electron chi connectivity index (χ2n) is 2.84. The molecule has 1 atom stereocenters. The summed E-state index contributed by atoms with van der Waals surface area (Å²) in [4.78, 5) is 0. The predicted molar refractivity (Wildman–Crippen MR) is 49.2 cm³/mol. The van der Waals surface area contributed by atoms with E-state index in [2.05, 4.69) is 41.1 Å². The average molecular weight is 201 g/mol. The van der Waals surface area contributed by atoms with Crippen LogP contribution in [0.15, 0.2) is 22.7 Å². The lowest BCUT2D eigenvalue weighted by Crippen LogP contribution is -1.90. The van der Waals surface area contributed by atoms with Crippen molar-refractivity contribution >= 4 is 15.9 Å². The minimum absolute atomic E-state index is 0.700. The van der Waals surface area contributed by atoms with Crippen molar-refractivity contribution in [1.82, 2.24) is 0 Å². The molecule has 0 aromatic rings. The lowest BCUT2D eigenvalue weighted by atomic mass is 10.0. The highest BCUT2D eigenvalue weighted by Gasteiger charge is 1.99. The van der Waals surface area contributed by atoms with Gasteiger partial charge in [-0.15, -0.1) is 0 Å². The quantitative estimate of drug-likeness (QED) is 0.525. The normalized spacial score (nSPS) is 27.0. The van der Waals surface area contributed by atoms with Crippen LogP contribution in [0, 0.1) is 5.92 Å². The maximum absolute atomic E-state index is 3.54. The number of hydrogen-bond donors (Lipinski definition) is 0. The first-order chi connectivity index (χ1) is 4.79. The van der Waals surface area contributed by atoms with Gasteiger partial charge in [-0.05, 0) is 29.7 Å². The molecule has 0 radical (unpaired) electrons. The third-order valence-corrected chi connectivity index (χ3v) is 2.35. The molecule has 10 heavy (non-hydrogen) atoms. The first-order valence-electron chi connectivity index (χ1n) is 3.80. The maximum atomic E-state index is 3.54. The van der Waals surface area contributed by atoms with Crippen LogP contribution in [0.4, 0.5) is 0 Å². The van der Waals surface area contributed by atoms with Crippen LogP contribution >= 0.6 is 15.9 Å². The highest BCUT2D eigenvalue weighted by atomic mass is 79.9. The Bertz CT molecular complexity index is 156. The summed E-state index contributed by atoms with van der Waals surface area (Å²) in [5.41, 5.74) is 0. The third kappa shape index (κ3) is 2.70. The van der Waals surface area contributed by atoms with Crippen molar-refractivity contribution in [1.29, 1.82) is 0 Å². The zero-order valence-corrected chi connectivity index (χ0v) is 7.89. The van der Waals surface area contributed by atoms with Crippen LogP contribution in [0.1, 0.15) is 26.2 Å². The standard InChI is InChI=1S/C9H13Br/c1-8-5-3-2-4-6-9(10)7-8/h2-3,7-8H,4-6H2,1H3. The molecule has 1 aliphatic rings. The Labute approximate surface area is 71.1 Å². The fraction of sp³-hybridized carbons (Fsp3) is 0.556. The minimum atomic E-state index is 0.700. The second kappa shape index (κ2) is 3.97. The second-order valence-corrected chi connectivity index (χ2v) is 3.86. The molecule has 1 unspecified atom stereocenters. The molecule has 1 rings (SSSR count). The molecule has 0 heterocycles. The van der Waals surface area contributed by atoms with Crippen LogP contribution in [-0.4, -0.2) is 0 Å². The van der Waals surface area contributed by atoms with E-state index < -0.39 is 0 Å². The van der Waals surface area contributed by atoms with Gasteiger partial charge in [0, 0.05) is 0 Å². The smallest absolute Gasteiger partial charge is 0.00833 e. The van der Waals surface area contributed by atoms with E-state index in [1.165, 1.54) is 23.7 Å². The summed E-state index contributed by atoms with van der Waals surface area (Å²) in [6, 6.07) is 0. The summed E-state index contributed by atoms with van der Waals surface area (Å²) in [7, 11) is 0. The fourth-order valence-corrected chi connectivity index (χ4v) is 1.79. The van der Waals surface area contributed by atoms with E-state index in [-0.39, 0.29) is 0 Å². The highest BCUT2D eigenvalue weighted by molar-refractivity contribution is 9.11. The first kappa shape index (κ1) is 8.06. The van der Waals surface area contributed by atoms with E-state index in [1.807, 2.05) is 0 Å². The van der Waals surface area contributed by atoms with Crippen molar-refractivity contribution in [3.05, 3.63) is 22.7 Å². The monoisotopic (exact) mass is 200 g/mol. The van der Waals surface area contributed by atoms with Crippen LogP contribution in [0.25, 0.3) is 0 Å². The van der Waals surface area contributed by atoms with Crippen LogP contribution in [0.5, 0.6) is 0 Å². The van der Waals surface area contributed by atoms with Gasteiger partial charge >= 0.3 is 0 Å². The number of halogens is 1. The number of allylic oxidation sites excluding steroid dienone is 4. The molecule has 1 aliphatic carbocycles. The molecule has 0 aliphatic heterocycles. The van der Waals surface area contributed by atoms with E-state index >= 15 is 0 Å². The fourth-order valence-electron chi connectivity index (χ4n) is 1.11. The van der Waals surface area contributed by atoms with Gasteiger partial charge in [-0.3, -0.25) is 0 Å². The molecule has 56 valence electrons. The van der Waals surface area contributed by atoms with Gasteiger partial charge in [0.1, 0.15) is 0 Å². The zero-order valence-electron chi connectivity index (χ0n) is 6.31. The molecular weight excluding hydrogens is 188 g/mol. The summed E-state index contributed by atoms with van der Waals surface area (Å²) in [5, 5.41) is 0. The SMILES string of the molecule is CC1C=C(Br)CCC=CC1. The summed E-state index contributed by atoms with van der Waals surface area (Å²) < 4.78 is 1.37. The third-order valence-electron chi connectivity index (χ3n) is 1.69. The molecular formula is C9H13Br. The van der Waals surface area contributed by atoms with Crippen molar-refractivity contribution in [2.45, 2.75) is 26.2 Å². The molecule has 0 aromatic carbocycles. The van der Waals surface area contributed by atoms with Gasteiger partial charge in [0.25, 0.3) is 0 Å². The molecule has 0 N–H and O–H groups in total. The van der Waals surface area contributed by atoms with E-state index in [0.29, 0.717) is 5.92 Å². The topological polar surface area (TPSA) is 0 Å². The molecule has 0 amide bonds. The van der Waals surface area contributed by atoms with Crippen LogP contribution in [0.3, 0.4) is 0 Å². The lowest BCUT2D eigenvalue weighted by Gasteiger charge is -2.06. The number of hydrogen-bond acceptors (Lipinski definition) is 0. The summed E-state index contributed by atoms with van der Waals surface area (Å²) in [6.45, 7) is 2.25. The van der Waals surface area contributed by atoms with Crippen LogP contribution in [-0.2, 0) is 0 Å². The first-order valence-corrected chi connectivity index (χ1v) is 4.59. The molecule has 0 saturated carbocycles. The van der Waals surface area contributed by atoms with Gasteiger partial charge in [-0.2, -0.15) is 0 Å². The van der Waals surface area contributed by atoms with Gasteiger partial charge in [0.15, 0.2) is 0 Å². The number of rotatable bonds is 0. The molecule has 0 nitrogen and oxygen atoms in total. The summed E-state index contributed by atoms with van der Waals surface area (Å²) in [6.07, 6.45) is 10.4. The molecule has 0 spiro atoms. The van der Waals surface area contributed by atoms with Gasteiger partial charge in [0.05, 0.1) is 0 Å². The Morgan fingerprint density at radius 1 is 1.50 bits per heavy atom. The highest BCUT2D eigenvalue weighted by Crippen LogP contribution is 2.20. The molecule has 0 bridgehead atoms. The maximum Gasteiger partial charge on any atom is -0.00833 e. The largest absolute Gasteiger partial charge is 0.0882 e. The Kier molecular flexibility index (Phi) is 3.20. The summed E-state index contributed by atoms with van der Waals surface area (Å²) in [5.74, 6) is 0.700. The minimum Gasteiger partial charge on any atom is -0.0882 e. The Morgan fingerprint density at radius 3 is 3.10 bits per heavy atom. The molecule has 1 heteroatoms. The van der Waals surface area contributed by atoms with Gasteiger partial charge in [-0.25, -0.2) is 0 Å². The van der Waals surface area contributed by atoms with Crippen molar-refractivity contribution in [3.63, 3.8) is 0 Å². The van der Waals surface area contributed by atoms with Crippen molar-refractivity contribution in [2.24, 2.45) is 5.92 Å². The average Bonchev–Trinajstić information content (AvgIpc) is 1.83. The zero-order chi connectivity index (χ0) is 7.40. The summed E-state index contributed by atoms with van der Waals surface area (Å²) >= 11 is 3.54. The van der Waals surface area contributed by atoms with Crippen LogP contribution in [0.2, 0.25) is 0 Å². The van der Waals surface area contributed by atoms with Crippen LogP contribution < -0.4 is 0 Å².